The van der Waals surface area contributed by atoms with Crippen molar-refractivity contribution in [3.8, 4) is 0 Å². The second kappa shape index (κ2) is 4.95. The van der Waals surface area contributed by atoms with Crippen molar-refractivity contribution in [1.29, 1.82) is 0 Å². The minimum Gasteiger partial charge on any atom is -0.368 e. The van der Waals surface area contributed by atoms with Crippen molar-refractivity contribution in [3.63, 3.8) is 0 Å². The van der Waals surface area contributed by atoms with Gasteiger partial charge in [0.1, 0.15) is 5.54 Å². The lowest BCUT2D eigenvalue weighted by atomic mass is 9.87. The summed E-state index contributed by atoms with van der Waals surface area (Å²) in [5, 5.41) is 8.61. The van der Waals surface area contributed by atoms with E-state index in [9.17, 15) is 4.79 Å². The molecule has 0 aromatic carbocycles. The highest BCUT2D eigenvalue weighted by Crippen LogP contribution is 2.19. The first-order chi connectivity index (χ1) is 7.73. The number of carbonyl (C=O) groups is 1. The smallest absolute Gasteiger partial charge is 0.237 e. The van der Waals surface area contributed by atoms with E-state index in [1.54, 1.807) is 11.3 Å². The number of hydrogen-bond acceptors (Lipinski definition) is 4. The third-order valence-corrected chi connectivity index (χ3v) is 3.99. The van der Waals surface area contributed by atoms with Crippen molar-refractivity contribution >= 4 is 17.2 Å². The van der Waals surface area contributed by atoms with Crippen LogP contribution in [-0.2, 0) is 11.3 Å². The predicted molar refractivity (Wildman–Crippen MR) is 65.2 cm³/mol. The van der Waals surface area contributed by atoms with Gasteiger partial charge in [0.15, 0.2) is 0 Å². The van der Waals surface area contributed by atoms with E-state index in [1.807, 2.05) is 11.4 Å². The van der Waals surface area contributed by atoms with Crippen LogP contribution in [0.4, 0.5) is 0 Å². The lowest BCUT2D eigenvalue weighted by Gasteiger charge is -2.35. The highest BCUT2D eigenvalue weighted by atomic mass is 32.1. The molecule has 0 aliphatic carbocycles. The Morgan fingerprint density at radius 2 is 2.31 bits per heavy atom. The summed E-state index contributed by atoms with van der Waals surface area (Å²) >= 11 is 1.69. The summed E-state index contributed by atoms with van der Waals surface area (Å²) in [7, 11) is 0. The molecule has 0 atom stereocenters. The van der Waals surface area contributed by atoms with E-state index < -0.39 is 5.54 Å². The fourth-order valence-corrected chi connectivity index (χ4v) is 2.68. The lowest BCUT2D eigenvalue weighted by Crippen LogP contribution is -2.59. The number of piperidine rings is 1. The number of nitrogens with one attached hydrogen (secondary N) is 2. The molecule has 2 heterocycles. The van der Waals surface area contributed by atoms with Gasteiger partial charge in [-0.15, -0.1) is 11.3 Å². The van der Waals surface area contributed by atoms with Gasteiger partial charge in [-0.2, -0.15) is 0 Å². The number of amides is 1. The number of thiophene rings is 1. The molecule has 0 spiro atoms. The monoisotopic (exact) mass is 239 g/mol. The van der Waals surface area contributed by atoms with Gasteiger partial charge in [-0.05, 0) is 37.4 Å². The largest absolute Gasteiger partial charge is 0.368 e. The molecule has 5 heteroatoms. The molecule has 1 fully saturated rings. The molecule has 1 amide bonds. The van der Waals surface area contributed by atoms with Gasteiger partial charge in [-0.25, -0.2) is 0 Å². The second-order valence-corrected chi connectivity index (χ2v) is 5.16. The molecule has 1 saturated heterocycles. The Labute approximate surface area is 99.2 Å². The zero-order chi connectivity index (χ0) is 11.4. The van der Waals surface area contributed by atoms with Gasteiger partial charge < -0.3 is 11.1 Å². The first-order valence-corrected chi connectivity index (χ1v) is 6.39. The summed E-state index contributed by atoms with van der Waals surface area (Å²) in [5.41, 5.74) is 5.00. The van der Waals surface area contributed by atoms with Crippen LogP contribution in [0.5, 0.6) is 0 Å². The van der Waals surface area contributed by atoms with E-state index in [1.165, 1.54) is 4.88 Å². The Bertz CT molecular complexity index is 344. The number of hydrogen-bond donors (Lipinski definition) is 3. The van der Waals surface area contributed by atoms with E-state index >= 15 is 0 Å². The highest BCUT2D eigenvalue weighted by molar-refractivity contribution is 7.09. The van der Waals surface area contributed by atoms with Gasteiger partial charge >= 0.3 is 0 Å². The van der Waals surface area contributed by atoms with Crippen LogP contribution in [-0.4, -0.2) is 24.5 Å². The molecule has 1 aromatic rings. The van der Waals surface area contributed by atoms with E-state index in [0.29, 0.717) is 0 Å². The summed E-state index contributed by atoms with van der Waals surface area (Å²) in [4.78, 5) is 12.8. The first kappa shape index (κ1) is 11.6. The van der Waals surface area contributed by atoms with Crippen molar-refractivity contribution in [2.45, 2.75) is 24.9 Å². The summed E-state index contributed by atoms with van der Waals surface area (Å²) < 4.78 is 0. The van der Waals surface area contributed by atoms with Crippen LogP contribution >= 0.6 is 11.3 Å². The third-order valence-electron chi connectivity index (χ3n) is 3.11. The van der Waals surface area contributed by atoms with E-state index in [-0.39, 0.29) is 5.91 Å². The summed E-state index contributed by atoms with van der Waals surface area (Å²) in [5.74, 6) is -0.231. The van der Waals surface area contributed by atoms with Crippen LogP contribution in [0.1, 0.15) is 17.7 Å². The second-order valence-electron chi connectivity index (χ2n) is 4.13. The van der Waals surface area contributed by atoms with Crippen molar-refractivity contribution < 1.29 is 4.79 Å². The van der Waals surface area contributed by atoms with Gasteiger partial charge in [-0.3, -0.25) is 10.1 Å². The fraction of sp³-hybridized carbons (Fsp3) is 0.545. The van der Waals surface area contributed by atoms with E-state index in [4.69, 9.17) is 5.73 Å². The molecule has 88 valence electrons. The number of carbonyl (C=O) groups excluding carboxylic acids is 1. The summed E-state index contributed by atoms with van der Waals surface area (Å²) in [6, 6.07) is 4.08. The van der Waals surface area contributed by atoms with Crippen LogP contribution < -0.4 is 16.4 Å². The third kappa shape index (κ3) is 2.42. The van der Waals surface area contributed by atoms with Crippen molar-refractivity contribution in [2.24, 2.45) is 5.73 Å². The van der Waals surface area contributed by atoms with Crippen LogP contribution in [0.3, 0.4) is 0 Å². The van der Waals surface area contributed by atoms with Crippen molar-refractivity contribution in [2.75, 3.05) is 13.1 Å². The van der Waals surface area contributed by atoms with Gasteiger partial charge in [0.2, 0.25) is 5.91 Å². The Morgan fingerprint density at radius 3 is 2.88 bits per heavy atom. The van der Waals surface area contributed by atoms with Crippen molar-refractivity contribution in [3.05, 3.63) is 22.4 Å². The predicted octanol–water partition coefficient (Wildman–Crippen LogP) is 0.445. The fourth-order valence-electron chi connectivity index (χ4n) is 2.03. The minimum atomic E-state index is -0.519. The number of primary amides is 1. The zero-order valence-electron chi connectivity index (χ0n) is 9.16. The minimum absolute atomic E-state index is 0.231. The van der Waals surface area contributed by atoms with Gasteiger partial charge in [0, 0.05) is 11.4 Å². The Morgan fingerprint density at radius 1 is 1.56 bits per heavy atom. The van der Waals surface area contributed by atoms with Gasteiger partial charge in [-0.1, -0.05) is 6.07 Å². The van der Waals surface area contributed by atoms with E-state index in [2.05, 4.69) is 16.7 Å². The normalized spacial score (nSPS) is 19.5. The Hall–Kier alpha value is -0.910. The maximum atomic E-state index is 11.6. The number of rotatable bonds is 4. The molecule has 4 N–H and O–H groups in total. The molecule has 0 radical (unpaired) electrons. The molecule has 1 aliphatic heterocycles. The van der Waals surface area contributed by atoms with E-state index in [0.717, 1.165) is 32.5 Å². The highest BCUT2D eigenvalue weighted by Gasteiger charge is 2.37. The molecule has 2 rings (SSSR count). The summed E-state index contributed by atoms with van der Waals surface area (Å²) in [6.07, 6.45) is 1.54. The Balaban J connectivity index is 2.00. The molecule has 0 unspecified atom stereocenters. The maximum absolute atomic E-state index is 11.6. The van der Waals surface area contributed by atoms with Crippen LogP contribution in [0.15, 0.2) is 17.5 Å². The van der Waals surface area contributed by atoms with Crippen molar-refractivity contribution in [1.82, 2.24) is 10.6 Å². The van der Waals surface area contributed by atoms with Crippen LogP contribution in [0, 0.1) is 0 Å². The SMILES string of the molecule is NC(=O)C1(NCc2cccs2)CCNCC1. The Kier molecular flexibility index (Phi) is 3.58. The molecule has 1 aliphatic rings. The molecular weight excluding hydrogens is 222 g/mol. The molecule has 0 bridgehead atoms. The number of nitrogens with two attached hydrogens (primary N) is 1. The van der Waals surface area contributed by atoms with Gasteiger partial charge in [0.05, 0.1) is 0 Å². The molecule has 4 nitrogen and oxygen atoms in total. The van der Waals surface area contributed by atoms with Crippen LogP contribution in [0.2, 0.25) is 0 Å². The quantitative estimate of drug-likeness (QED) is 0.714. The molecule has 1 aromatic heterocycles. The molecular formula is C11H17N3OS. The zero-order valence-corrected chi connectivity index (χ0v) is 9.98. The van der Waals surface area contributed by atoms with Gasteiger partial charge in [0.25, 0.3) is 0 Å². The molecule has 0 saturated carbocycles. The topological polar surface area (TPSA) is 67.2 Å². The first-order valence-electron chi connectivity index (χ1n) is 5.51. The van der Waals surface area contributed by atoms with Crippen LogP contribution in [0.25, 0.3) is 0 Å². The average molecular weight is 239 g/mol. The lowest BCUT2D eigenvalue weighted by molar-refractivity contribution is -0.125. The molecule has 16 heavy (non-hydrogen) atoms. The summed E-state index contributed by atoms with van der Waals surface area (Å²) in [6.45, 7) is 2.42. The average Bonchev–Trinajstić information content (AvgIpc) is 2.80. The standard InChI is InChI=1S/C11H17N3OS/c12-10(15)11(3-5-13-6-4-11)14-8-9-2-1-7-16-9/h1-2,7,13-14H,3-6,8H2,(H2,12,15). The maximum Gasteiger partial charge on any atom is 0.237 e.